The van der Waals surface area contributed by atoms with Crippen molar-refractivity contribution in [2.24, 2.45) is 11.8 Å². The van der Waals surface area contributed by atoms with Crippen LogP contribution in [0.2, 0.25) is 0 Å². The zero-order valence-electron chi connectivity index (χ0n) is 21.8. The molecule has 0 aromatic heterocycles. The first-order valence-corrected chi connectivity index (χ1v) is 13.4. The lowest BCUT2D eigenvalue weighted by Gasteiger charge is -2.34. The molecule has 2 aromatic carbocycles. The molecule has 0 radical (unpaired) electrons. The van der Waals surface area contributed by atoms with Crippen molar-refractivity contribution < 1.29 is 8.78 Å². The van der Waals surface area contributed by atoms with Crippen LogP contribution >= 0.6 is 0 Å². The summed E-state index contributed by atoms with van der Waals surface area (Å²) < 4.78 is 28.8. The highest BCUT2D eigenvalue weighted by atomic mass is 19.1. The quantitative estimate of drug-likeness (QED) is 0.384. The molecule has 4 heteroatoms. The number of rotatable bonds is 8. The van der Waals surface area contributed by atoms with Gasteiger partial charge in [0.05, 0.1) is 0 Å². The molecule has 2 saturated heterocycles. The molecule has 2 aliphatic heterocycles. The molecule has 2 aliphatic rings. The molecule has 0 N–H and O–H groups in total. The van der Waals surface area contributed by atoms with Crippen molar-refractivity contribution in [1.82, 2.24) is 9.80 Å². The lowest BCUT2D eigenvalue weighted by atomic mass is 9.89. The molecule has 0 bridgehead atoms. The fourth-order valence-corrected chi connectivity index (χ4v) is 5.73. The first-order chi connectivity index (χ1) is 16.7. The third-order valence-electron chi connectivity index (χ3n) is 7.77. The van der Waals surface area contributed by atoms with E-state index in [1.54, 1.807) is 19.9 Å². The number of halogens is 2. The van der Waals surface area contributed by atoms with Gasteiger partial charge < -0.3 is 9.80 Å². The summed E-state index contributed by atoms with van der Waals surface area (Å²) in [5, 5.41) is 0. The largest absolute Gasteiger partial charge is 0.371 e. The van der Waals surface area contributed by atoms with Crippen LogP contribution in [0, 0.1) is 17.7 Å². The summed E-state index contributed by atoms with van der Waals surface area (Å²) in [6.45, 7) is 14.5. The van der Waals surface area contributed by atoms with Crippen molar-refractivity contribution in [3.8, 4) is 11.1 Å². The summed E-state index contributed by atoms with van der Waals surface area (Å²) in [5.41, 5.74) is 3.83. The van der Waals surface area contributed by atoms with Gasteiger partial charge in [-0.1, -0.05) is 49.9 Å². The highest BCUT2D eigenvalue weighted by Crippen LogP contribution is 2.29. The van der Waals surface area contributed by atoms with Gasteiger partial charge in [-0.2, -0.15) is 0 Å². The number of hydrogen-bond donors (Lipinski definition) is 0. The molecule has 2 heterocycles. The lowest BCUT2D eigenvalue weighted by molar-refractivity contribution is 0.0942. The minimum absolute atomic E-state index is 0.116. The predicted molar refractivity (Wildman–Crippen MR) is 144 cm³/mol. The molecule has 190 valence electrons. The molecule has 4 rings (SSSR count). The van der Waals surface area contributed by atoms with Crippen LogP contribution in [-0.4, -0.2) is 48.2 Å². The Morgan fingerprint density at radius 3 is 2.31 bits per heavy atom. The Hall–Kier alpha value is -2.20. The highest BCUT2D eigenvalue weighted by Gasteiger charge is 2.25. The monoisotopic (exact) mass is 480 g/mol. The molecule has 0 saturated carbocycles. The second kappa shape index (κ2) is 11.2. The predicted octanol–water partition coefficient (Wildman–Crippen LogP) is 7.59. The number of aryl methyl sites for hydroxylation is 1. The van der Waals surface area contributed by atoms with Crippen LogP contribution in [0.15, 0.2) is 49.0 Å². The van der Waals surface area contributed by atoms with Gasteiger partial charge in [-0.3, -0.25) is 0 Å². The number of benzene rings is 2. The van der Waals surface area contributed by atoms with E-state index in [4.69, 9.17) is 0 Å². The average molecular weight is 481 g/mol. The maximum atomic E-state index is 15.0. The van der Waals surface area contributed by atoms with E-state index in [1.165, 1.54) is 12.8 Å². The molecular weight excluding hydrogens is 438 g/mol. The fourth-order valence-electron chi connectivity index (χ4n) is 5.73. The summed E-state index contributed by atoms with van der Waals surface area (Å²) >= 11 is 0. The van der Waals surface area contributed by atoms with Gasteiger partial charge in [-0.25, -0.2) is 8.78 Å². The second-order valence-electron chi connectivity index (χ2n) is 11.5. The van der Waals surface area contributed by atoms with Crippen LogP contribution in [0.3, 0.4) is 0 Å². The van der Waals surface area contributed by atoms with Gasteiger partial charge in [-0.15, -0.1) is 0 Å². The summed E-state index contributed by atoms with van der Waals surface area (Å²) in [5.74, 6) is 1.19. The Kier molecular flexibility index (Phi) is 8.31. The third kappa shape index (κ3) is 7.16. The van der Waals surface area contributed by atoms with E-state index in [1.807, 2.05) is 12.1 Å². The van der Waals surface area contributed by atoms with Crippen molar-refractivity contribution >= 4 is 5.70 Å². The molecule has 0 aliphatic carbocycles. The lowest BCUT2D eigenvalue weighted by Crippen LogP contribution is -2.41. The Bertz CT molecular complexity index is 984. The molecule has 2 fully saturated rings. The normalized spacial score (nSPS) is 20.3. The number of hydrogen-bond acceptors (Lipinski definition) is 2. The molecule has 2 aromatic rings. The van der Waals surface area contributed by atoms with Gasteiger partial charge >= 0.3 is 0 Å². The van der Waals surface area contributed by atoms with E-state index >= 15 is 0 Å². The summed E-state index contributed by atoms with van der Waals surface area (Å²) in [7, 11) is 0. The highest BCUT2D eigenvalue weighted by molar-refractivity contribution is 5.69. The van der Waals surface area contributed by atoms with Crippen LogP contribution < -0.4 is 0 Å². The van der Waals surface area contributed by atoms with Gasteiger partial charge in [0, 0.05) is 25.3 Å². The molecule has 35 heavy (non-hydrogen) atoms. The van der Waals surface area contributed by atoms with Gasteiger partial charge in [-0.05, 0) is 106 Å². The van der Waals surface area contributed by atoms with Crippen molar-refractivity contribution in [1.29, 1.82) is 0 Å². The van der Waals surface area contributed by atoms with Crippen LogP contribution in [0.5, 0.6) is 0 Å². The van der Waals surface area contributed by atoms with E-state index in [0.29, 0.717) is 18.4 Å². The van der Waals surface area contributed by atoms with Gasteiger partial charge in [0.2, 0.25) is 0 Å². The number of likely N-dealkylation sites (tertiary alicyclic amines) is 2. The standard InChI is InChI=1S/C31H42F2N2/c1-23-6-5-17-35(21-23)24(2)26-9-11-27(12-10-26)29-14-13-28(30(32)20-29)8-7-25-15-18-34(19-16-25)22-31(3,4)33/h9-14,20,23,25H,2,5-8,15-19,21-22H2,1,3-4H3. The average Bonchev–Trinajstić information content (AvgIpc) is 2.83. The molecule has 2 nitrogen and oxygen atoms in total. The Balaban J connectivity index is 1.31. The van der Waals surface area contributed by atoms with Crippen LogP contribution in [-0.2, 0) is 6.42 Å². The van der Waals surface area contributed by atoms with Gasteiger partial charge in [0.25, 0.3) is 0 Å². The van der Waals surface area contributed by atoms with E-state index in [9.17, 15) is 8.78 Å². The zero-order valence-corrected chi connectivity index (χ0v) is 21.8. The molecule has 0 spiro atoms. The molecule has 1 atom stereocenters. The maximum absolute atomic E-state index is 15.0. The summed E-state index contributed by atoms with van der Waals surface area (Å²) in [6.07, 6.45) is 6.42. The topological polar surface area (TPSA) is 6.48 Å². The first kappa shape index (κ1) is 25.9. The Morgan fingerprint density at radius 2 is 1.69 bits per heavy atom. The minimum Gasteiger partial charge on any atom is -0.371 e. The summed E-state index contributed by atoms with van der Waals surface area (Å²) in [6, 6.07) is 14.0. The Morgan fingerprint density at radius 1 is 1.00 bits per heavy atom. The molecule has 0 amide bonds. The number of piperidine rings is 2. The van der Waals surface area contributed by atoms with E-state index < -0.39 is 5.67 Å². The van der Waals surface area contributed by atoms with E-state index in [-0.39, 0.29) is 5.82 Å². The van der Waals surface area contributed by atoms with E-state index in [2.05, 4.69) is 47.6 Å². The van der Waals surface area contributed by atoms with Gasteiger partial charge in [0.1, 0.15) is 11.5 Å². The first-order valence-electron chi connectivity index (χ1n) is 13.4. The van der Waals surface area contributed by atoms with Crippen molar-refractivity contribution in [3.05, 3.63) is 66.0 Å². The van der Waals surface area contributed by atoms with Crippen LogP contribution in [0.25, 0.3) is 16.8 Å². The van der Waals surface area contributed by atoms with Crippen LogP contribution in [0.1, 0.15) is 64.0 Å². The van der Waals surface area contributed by atoms with Crippen molar-refractivity contribution in [2.45, 2.75) is 65.0 Å². The number of alkyl halides is 1. The van der Waals surface area contributed by atoms with E-state index in [0.717, 1.165) is 79.8 Å². The fraction of sp³-hybridized carbons (Fsp3) is 0.548. The second-order valence-corrected chi connectivity index (χ2v) is 11.5. The van der Waals surface area contributed by atoms with Gasteiger partial charge in [0.15, 0.2) is 0 Å². The Labute approximate surface area is 211 Å². The summed E-state index contributed by atoms with van der Waals surface area (Å²) in [4.78, 5) is 4.61. The minimum atomic E-state index is -1.14. The maximum Gasteiger partial charge on any atom is 0.127 e. The zero-order chi connectivity index (χ0) is 25.0. The van der Waals surface area contributed by atoms with Crippen molar-refractivity contribution in [2.75, 3.05) is 32.7 Å². The SMILES string of the molecule is C=C(c1ccc(-c2ccc(CCC3CCN(CC(C)(C)F)CC3)c(F)c2)cc1)N1CCCC(C)C1. The van der Waals surface area contributed by atoms with Crippen LogP contribution in [0.4, 0.5) is 8.78 Å². The van der Waals surface area contributed by atoms with Crippen molar-refractivity contribution in [3.63, 3.8) is 0 Å². The number of nitrogens with zero attached hydrogens (tertiary/aromatic N) is 2. The smallest absolute Gasteiger partial charge is 0.127 e. The molecule has 1 unspecified atom stereocenters. The molecular formula is C31H42F2N2. The third-order valence-corrected chi connectivity index (χ3v) is 7.77.